The molecule has 6 heteroatoms. The average molecular weight is 315 g/mol. The van der Waals surface area contributed by atoms with Crippen molar-refractivity contribution in [3.8, 4) is 0 Å². The zero-order chi connectivity index (χ0) is 16.2. The van der Waals surface area contributed by atoms with Gasteiger partial charge < -0.3 is 9.47 Å². The molecule has 0 saturated carbocycles. The van der Waals surface area contributed by atoms with Crippen LogP contribution < -0.4 is 4.90 Å². The van der Waals surface area contributed by atoms with E-state index in [1.165, 1.54) is 12.2 Å². The fourth-order valence-corrected chi connectivity index (χ4v) is 2.45. The molecule has 1 atom stereocenters. The van der Waals surface area contributed by atoms with Gasteiger partial charge in [0.25, 0.3) is 11.8 Å². The van der Waals surface area contributed by atoms with Crippen molar-refractivity contribution in [1.29, 1.82) is 0 Å². The lowest BCUT2D eigenvalue weighted by Gasteiger charge is -2.25. The van der Waals surface area contributed by atoms with Crippen LogP contribution in [0.3, 0.4) is 0 Å². The van der Waals surface area contributed by atoms with Crippen LogP contribution in [0.4, 0.5) is 5.69 Å². The lowest BCUT2D eigenvalue weighted by atomic mass is 10.1. The number of benzene rings is 1. The van der Waals surface area contributed by atoms with Gasteiger partial charge >= 0.3 is 5.97 Å². The molecule has 0 aromatic heterocycles. The second kappa shape index (κ2) is 6.75. The molecule has 1 saturated heterocycles. The highest BCUT2D eigenvalue weighted by atomic mass is 16.5. The van der Waals surface area contributed by atoms with Gasteiger partial charge in [0, 0.05) is 25.2 Å². The van der Waals surface area contributed by atoms with Crippen LogP contribution in [-0.2, 0) is 30.3 Å². The Labute approximate surface area is 133 Å². The quantitative estimate of drug-likeness (QED) is 0.586. The van der Waals surface area contributed by atoms with Gasteiger partial charge in [0.2, 0.25) is 0 Å². The molecule has 0 spiro atoms. The summed E-state index contributed by atoms with van der Waals surface area (Å²) < 4.78 is 10.4. The minimum atomic E-state index is -0.361. The summed E-state index contributed by atoms with van der Waals surface area (Å²) in [5.74, 6) is -1.02. The van der Waals surface area contributed by atoms with Crippen LogP contribution in [0.25, 0.3) is 0 Å². The number of carbonyl (C=O) groups is 3. The summed E-state index contributed by atoms with van der Waals surface area (Å²) in [6, 6.07) is 6.72. The zero-order valence-corrected chi connectivity index (χ0v) is 12.6. The number of imide groups is 1. The van der Waals surface area contributed by atoms with Gasteiger partial charge in [-0.3, -0.25) is 14.4 Å². The molecule has 6 nitrogen and oxygen atoms in total. The normalized spacial score (nSPS) is 19.8. The Morgan fingerprint density at radius 2 is 1.83 bits per heavy atom. The third-order valence-corrected chi connectivity index (χ3v) is 3.85. The van der Waals surface area contributed by atoms with Crippen LogP contribution in [0.1, 0.15) is 18.4 Å². The standard InChI is InChI=1S/C17H17NO5/c19-15-5-6-16(20)18(15)13-3-1-12(2-4-13)11-17(21)23-10-8-14-7-9-22-14/h1-6,14H,7-11H2. The van der Waals surface area contributed by atoms with Gasteiger partial charge in [-0.25, -0.2) is 4.90 Å². The first-order valence-electron chi connectivity index (χ1n) is 7.56. The van der Waals surface area contributed by atoms with Gasteiger partial charge in [0.05, 0.1) is 24.8 Å². The van der Waals surface area contributed by atoms with Crippen molar-refractivity contribution in [2.75, 3.05) is 18.1 Å². The van der Waals surface area contributed by atoms with E-state index in [-0.39, 0.29) is 30.3 Å². The van der Waals surface area contributed by atoms with Crippen LogP contribution in [0, 0.1) is 0 Å². The van der Waals surface area contributed by atoms with E-state index in [4.69, 9.17) is 9.47 Å². The molecule has 0 radical (unpaired) electrons. The predicted molar refractivity (Wildman–Crippen MR) is 81.7 cm³/mol. The Hall–Kier alpha value is -2.47. The number of carbonyl (C=O) groups excluding carboxylic acids is 3. The number of amides is 2. The summed E-state index contributed by atoms with van der Waals surface area (Å²) in [7, 11) is 0. The highest BCUT2D eigenvalue weighted by Gasteiger charge is 2.25. The van der Waals surface area contributed by atoms with E-state index in [1.807, 2.05) is 0 Å². The maximum Gasteiger partial charge on any atom is 0.310 e. The monoisotopic (exact) mass is 315 g/mol. The fraction of sp³-hybridized carbons (Fsp3) is 0.353. The molecule has 1 unspecified atom stereocenters. The molecule has 120 valence electrons. The van der Waals surface area contributed by atoms with Crippen molar-refractivity contribution in [3.63, 3.8) is 0 Å². The SMILES string of the molecule is O=C(Cc1ccc(N2C(=O)C=CC2=O)cc1)OCCC1CCO1. The first-order valence-corrected chi connectivity index (χ1v) is 7.56. The van der Waals surface area contributed by atoms with Gasteiger partial charge in [0.1, 0.15) is 0 Å². The number of hydrogen-bond acceptors (Lipinski definition) is 5. The highest BCUT2D eigenvalue weighted by Crippen LogP contribution is 2.20. The second-order valence-corrected chi connectivity index (χ2v) is 5.48. The smallest absolute Gasteiger partial charge is 0.310 e. The van der Waals surface area contributed by atoms with Crippen molar-refractivity contribution in [2.24, 2.45) is 0 Å². The maximum atomic E-state index is 11.8. The van der Waals surface area contributed by atoms with E-state index >= 15 is 0 Å². The Bertz CT molecular complexity index is 627. The molecular formula is C17H17NO5. The van der Waals surface area contributed by atoms with Crippen molar-refractivity contribution >= 4 is 23.5 Å². The second-order valence-electron chi connectivity index (χ2n) is 5.48. The molecule has 1 aromatic rings. The Kier molecular flexibility index (Phi) is 4.52. The van der Waals surface area contributed by atoms with Gasteiger partial charge in [-0.1, -0.05) is 12.1 Å². The number of hydrogen-bond donors (Lipinski definition) is 0. The number of ether oxygens (including phenoxy) is 2. The van der Waals surface area contributed by atoms with E-state index in [9.17, 15) is 14.4 Å². The first kappa shape index (κ1) is 15.4. The van der Waals surface area contributed by atoms with Gasteiger partial charge in [0.15, 0.2) is 0 Å². The molecule has 2 aliphatic rings. The van der Waals surface area contributed by atoms with Crippen molar-refractivity contribution in [2.45, 2.75) is 25.4 Å². The molecule has 1 fully saturated rings. The number of nitrogens with zero attached hydrogens (tertiary/aromatic N) is 1. The Morgan fingerprint density at radius 1 is 1.17 bits per heavy atom. The van der Waals surface area contributed by atoms with Crippen LogP contribution in [-0.4, -0.2) is 37.1 Å². The van der Waals surface area contributed by atoms with Crippen LogP contribution >= 0.6 is 0 Å². The minimum Gasteiger partial charge on any atom is -0.465 e. The lowest BCUT2D eigenvalue weighted by Crippen LogP contribution is -2.29. The summed E-state index contributed by atoms with van der Waals surface area (Å²) >= 11 is 0. The van der Waals surface area contributed by atoms with E-state index in [0.717, 1.165) is 29.9 Å². The molecule has 1 aromatic carbocycles. The summed E-state index contributed by atoms with van der Waals surface area (Å²) in [6.07, 6.45) is 4.62. The largest absolute Gasteiger partial charge is 0.465 e. The Morgan fingerprint density at radius 3 is 2.39 bits per heavy atom. The molecule has 0 N–H and O–H groups in total. The van der Waals surface area contributed by atoms with E-state index in [1.54, 1.807) is 24.3 Å². The first-order chi connectivity index (χ1) is 11.1. The summed E-state index contributed by atoms with van der Waals surface area (Å²) in [5.41, 5.74) is 1.26. The van der Waals surface area contributed by atoms with E-state index in [0.29, 0.717) is 12.3 Å². The Balaban J connectivity index is 1.49. The third kappa shape index (κ3) is 3.65. The number of rotatable bonds is 6. The van der Waals surface area contributed by atoms with Gasteiger partial charge in [-0.15, -0.1) is 0 Å². The average Bonchev–Trinajstić information content (AvgIpc) is 2.82. The van der Waals surface area contributed by atoms with E-state index in [2.05, 4.69) is 0 Å². The molecule has 2 aliphatic heterocycles. The van der Waals surface area contributed by atoms with Crippen molar-refractivity contribution < 1.29 is 23.9 Å². The summed E-state index contributed by atoms with van der Waals surface area (Å²) in [4.78, 5) is 36.0. The zero-order valence-electron chi connectivity index (χ0n) is 12.6. The van der Waals surface area contributed by atoms with Crippen LogP contribution in [0.15, 0.2) is 36.4 Å². The molecule has 0 aliphatic carbocycles. The lowest BCUT2D eigenvalue weighted by molar-refractivity contribution is -0.145. The van der Waals surface area contributed by atoms with Gasteiger partial charge in [-0.05, 0) is 24.1 Å². The topological polar surface area (TPSA) is 72.9 Å². The maximum absolute atomic E-state index is 11.8. The fourth-order valence-electron chi connectivity index (χ4n) is 2.45. The van der Waals surface area contributed by atoms with Gasteiger partial charge in [-0.2, -0.15) is 0 Å². The molecule has 3 rings (SSSR count). The van der Waals surface area contributed by atoms with Crippen LogP contribution in [0.2, 0.25) is 0 Å². The van der Waals surface area contributed by atoms with Crippen molar-refractivity contribution in [1.82, 2.24) is 0 Å². The molecule has 2 amide bonds. The summed E-state index contributed by atoms with van der Waals surface area (Å²) in [6.45, 7) is 1.16. The number of anilines is 1. The molecule has 2 heterocycles. The third-order valence-electron chi connectivity index (χ3n) is 3.85. The predicted octanol–water partition coefficient (Wildman–Crippen LogP) is 1.38. The van der Waals surface area contributed by atoms with Crippen molar-refractivity contribution in [3.05, 3.63) is 42.0 Å². The highest BCUT2D eigenvalue weighted by molar-refractivity contribution is 6.28. The molecular weight excluding hydrogens is 298 g/mol. The minimum absolute atomic E-state index is 0.159. The molecule has 23 heavy (non-hydrogen) atoms. The van der Waals surface area contributed by atoms with Crippen LogP contribution in [0.5, 0.6) is 0 Å². The summed E-state index contributed by atoms with van der Waals surface area (Å²) in [5, 5.41) is 0. The molecule has 0 bridgehead atoms. The number of esters is 1. The van der Waals surface area contributed by atoms with E-state index < -0.39 is 0 Å².